The molecule has 0 saturated carbocycles. The van der Waals surface area contributed by atoms with Crippen LogP contribution in [0.15, 0.2) is 36.9 Å². The summed E-state index contributed by atoms with van der Waals surface area (Å²) in [4.78, 5) is 20.0. The van der Waals surface area contributed by atoms with Crippen molar-refractivity contribution in [3.05, 3.63) is 42.5 Å². The lowest BCUT2D eigenvalue weighted by atomic mass is 10.1. The Morgan fingerprint density at radius 3 is 2.58 bits per heavy atom. The molecule has 0 atom stereocenters. The number of rotatable bonds is 4. The van der Waals surface area contributed by atoms with Gasteiger partial charge in [-0.25, -0.2) is 4.98 Å². The lowest BCUT2D eigenvalue weighted by molar-refractivity contribution is 0.102. The van der Waals surface area contributed by atoms with Gasteiger partial charge in [0.15, 0.2) is 0 Å². The van der Waals surface area contributed by atoms with E-state index in [1.807, 2.05) is 25.4 Å². The van der Waals surface area contributed by atoms with E-state index >= 15 is 0 Å². The Morgan fingerprint density at radius 2 is 1.92 bits per heavy atom. The molecule has 0 fully saturated rings. The molecule has 0 aliphatic rings. The zero-order chi connectivity index (χ0) is 18.3. The number of anilines is 1. The van der Waals surface area contributed by atoms with Gasteiger partial charge in [0.1, 0.15) is 16.8 Å². The van der Waals surface area contributed by atoms with E-state index in [0.717, 1.165) is 11.1 Å². The van der Waals surface area contributed by atoms with Gasteiger partial charge in [0.2, 0.25) is 5.95 Å². The molecule has 9 heteroatoms. The van der Waals surface area contributed by atoms with Crippen LogP contribution in [0.3, 0.4) is 0 Å². The first-order valence-electron chi connectivity index (χ1n) is 7.91. The quantitative estimate of drug-likeness (QED) is 0.585. The average molecular weight is 351 g/mol. The number of amides is 1. The molecule has 132 valence electrons. The lowest BCUT2D eigenvalue weighted by Gasteiger charge is -2.04. The molecule has 1 aromatic carbocycles. The molecule has 0 unspecified atom stereocenters. The van der Waals surface area contributed by atoms with Gasteiger partial charge >= 0.3 is 0 Å². The maximum absolute atomic E-state index is 12.3. The first kappa shape index (κ1) is 15.9. The molecule has 0 bridgehead atoms. The number of aromatic nitrogens is 6. The number of H-pyrrole nitrogens is 1. The molecular weight excluding hydrogens is 334 g/mol. The van der Waals surface area contributed by atoms with E-state index in [0.29, 0.717) is 28.3 Å². The van der Waals surface area contributed by atoms with Crippen LogP contribution in [0.2, 0.25) is 0 Å². The summed E-state index contributed by atoms with van der Waals surface area (Å²) in [5.74, 6) is 0.685. The van der Waals surface area contributed by atoms with Gasteiger partial charge in [-0.15, -0.1) is 0 Å². The second kappa shape index (κ2) is 6.03. The smallest absolute Gasteiger partial charge is 0.261 e. The zero-order valence-corrected chi connectivity index (χ0v) is 14.5. The summed E-state index contributed by atoms with van der Waals surface area (Å²) in [6.45, 7) is 0. The van der Waals surface area contributed by atoms with Crippen molar-refractivity contribution in [2.24, 2.45) is 14.1 Å². The number of hydrogen-bond donors (Lipinski definition) is 2. The van der Waals surface area contributed by atoms with Crippen molar-refractivity contribution in [1.29, 1.82) is 0 Å². The number of aromatic amines is 1. The molecule has 3 aromatic heterocycles. The third-order valence-electron chi connectivity index (χ3n) is 4.04. The van der Waals surface area contributed by atoms with Crippen molar-refractivity contribution >= 4 is 22.9 Å². The highest BCUT2D eigenvalue weighted by molar-refractivity contribution is 6.04. The van der Waals surface area contributed by atoms with Crippen LogP contribution in [0.25, 0.3) is 22.2 Å². The predicted octanol–water partition coefficient (Wildman–Crippen LogP) is 1.96. The van der Waals surface area contributed by atoms with Gasteiger partial charge in [-0.2, -0.15) is 10.2 Å². The number of ether oxygens (including phenoxy) is 1. The predicted molar refractivity (Wildman–Crippen MR) is 96.0 cm³/mol. The van der Waals surface area contributed by atoms with E-state index < -0.39 is 0 Å². The van der Waals surface area contributed by atoms with Gasteiger partial charge in [-0.3, -0.25) is 19.5 Å². The second-order valence-corrected chi connectivity index (χ2v) is 5.88. The van der Waals surface area contributed by atoms with Crippen molar-refractivity contribution < 1.29 is 9.53 Å². The highest BCUT2D eigenvalue weighted by Crippen LogP contribution is 2.33. The van der Waals surface area contributed by atoms with E-state index in [9.17, 15) is 4.79 Å². The largest absolute Gasteiger partial charge is 0.494 e. The van der Waals surface area contributed by atoms with E-state index in [4.69, 9.17) is 4.74 Å². The van der Waals surface area contributed by atoms with Crippen LogP contribution in [0.5, 0.6) is 5.75 Å². The number of fused-ring (bicyclic) bond motifs is 1. The number of carbonyl (C=O) groups excluding carboxylic acids is 1. The maximum atomic E-state index is 12.3. The van der Waals surface area contributed by atoms with Crippen molar-refractivity contribution in [2.45, 2.75) is 0 Å². The summed E-state index contributed by atoms with van der Waals surface area (Å²) >= 11 is 0. The Balaban J connectivity index is 1.76. The maximum Gasteiger partial charge on any atom is 0.261 e. The number of nitrogens with zero attached hydrogens (tertiary/aromatic N) is 5. The summed E-state index contributed by atoms with van der Waals surface area (Å²) in [5, 5.41) is 11.0. The highest BCUT2D eigenvalue weighted by Gasteiger charge is 2.16. The molecule has 4 rings (SSSR count). The van der Waals surface area contributed by atoms with Crippen LogP contribution in [0.4, 0.5) is 5.95 Å². The van der Waals surface area contributed by atoms with Gasteiger partial charge in [0, 0.05) is 37.6 Å². The average Bonchev–Trinajstić information content (AvgIpc) is 3.33. The monoisotopic (exact) mass is 351 g/mol. The lowest BCUT2D eigenvalue weighted by Crippen LogP contribution is -2.12. The normalized spacial score (nSPS) is 11.0. The highest BCUT2D eigenvalue weighted by atomic mass is 16.5. The van der Waals surface area contributed by atoms with Gasteiger partial charge in [-0.05, 0) is 12.1 Å². The Kier molecular flexibility index (Phi) is 3.68. The molecule has 26 heavy (non-hydrogen) atoms. The molecule has 0 spiro atoms. The number of carbonyl (C=O) groups is 1. The topological polar surface area (TPSA) is 103 Å². The van der Waals surface area contributed by atoms with Crippen LogP contribution in [0, 0.1) is 0 Å². The Hall–Kier alpha value is -3.62. The van der Waals surface area contributed by atoms with Crippen LogP contribution in [-0.4, -0.2) is 42.5 Å². The molecule has 2 N–H and O–H groups in total. The fraction of sp³-hybridized carbons (Fsp3) is 0.176. The first-order chi connectivity index (χ1) is 12.5. The fourth-order valence-electron chi connectivity index (χ4n) is 2.81. The number of imidazole rings is 1. The molecule has 0 aliphatic heterocycles. The van der Waals surface area contributed by atoms with E-state index in [2.05, 4.69) is 25.5 Å². The van der Waals surface area contributed by atoms with Crippen molar-refractivity contribution in [3.8, 4) is 16.9 Å². The minimum absolute atomic E-state index is 0.293. The summed E-state index contributed by atoms with van der Waals surface area (Å²) in [7, 11) is 5.20. The molecule has 1 amide bonds. The van der Waals surface area contributed by atoms with Crippen LogP contribution in [-0.2, 0) is 14.1 Å². The molecular formula is C17H17N7O2. The second-order valence-electron chi connectivity index (χ2n) is 5.88. The minimum Gasteiger partial charge on any atom is -0.494 e. The van der Waals surface area contributed by atoms with Crippen LogP contribution in [0.1, 0.15) is 10.4 Å². The molecule has 0 saturated heterocycles. The number of aryl methyl sites for hydroxylation is 2. The van der Waals surface area contributed by atoms with Crippen molar-refractivity contribution in [2.75, 3.05) is 12.4 Å². The van der Waals surface area contributed by atoms with Gasteiger partial charge < -0.3 is 9.72 Å². The summed E-state index contributed by atoms with van der Waals surface area (Å²) < 4.78 is 8.70. The first-order valence-corrected chi connectivity index (χ1v) is 7.91. The van der Waals surface area contributed by atoms with Gasteiger partial charge in [-0.1, -0.05) is 0 Å². The van der Waals surface area contributed by atoms with Gasteiger partial charge in [0.05, 0.1) is 25.1 Å². The Bertz CT molecular complexity index is 1110. The fourth-order valence-corrected chi connectivity index (χ4v) is 2.81. The third-order valence-corrected chi connectivity index (χ3v) is 4.04. The minimum atomic E-state index is -0.293. The summed E-state index contributed by atoms with van der Waals surface area (Å²) in [5.41, 5.74) is 3.67. The molecule has 0 radical (unpaired) electrons. The van der Waals surface area contributed by atoms with E-state index in [-0.39, 0.29) is 5.91 Å². The SMILES string of the molecule is COc1ccc(-c2cnn(C)c2)c2nc(NC(=O)c3cnn(C)c3)[nH]c12. The van der Waals surface area contributed by atoms with E-state index in [1.54, 1.807) is 35.9 Å². The van der Waals surface area contributed by atoms with Crippen molar-refractivity contribution in [3.63, 3.8) is 0 Å². The van der Waals surface area contributed by atoms with Crippen molar-refractivity contribution in [1.82, 2.24) is 29.5 Å². The molecule has 3 heterocycles. The zero-order valence-electron chi connectivity index (χ0n) is 14.5. The molecule has 4 aromatic rings. The molecule has 9 nitrogen and oxygen atoms in total. The third kappa shape index (κ3) is 2.69. The summed E-state index contributed by atoms with van der Waals surface area (Å²) in [6, 6.07) is 3.78. The molecule has 0 aliphatic carbocycles. The number of hydrogen-bond acceptors (Lipinski definition) is 5. The van der Waals surface area contributed by atoms with E-state index in [1.165, 1.54) is 6.20 Å². The standard InChI is InChI=1S/C17H17N7O2/c1-23-8-10(6-18-23)12-4-5-13(26-3)15-14(12)20-17(21-15)22-16(25)11-7-19-24(2)9-11/h4-9H,1-3H3,(H2,20,21,22,25). The van der Waals surface area contributed by atoms with Crippen LogP contribution < -0.4 is 10.1 Å². The van der Waals surface area contributed by atoms with Gasteiger partial charge in [0.25, 0.3) is 5.91 Å². The number of nitrogens with one attached hydrogen (secondary N) is 2. The summed E-state index contributed by atoms with van der Waals surface area (Å²) in [6.07, 6.45) is 6.81. The van der Waals surface area contributed by atoms with Crippen LogP contribution >= 0.6 is 0 Å². The Labute approximate surface area is 148 Å². The number of benzene rings is 1. The Morgan fingerprint density at radius 1 is 1.15 bits per heavy atom. The number of methoxy groups -OCH3 is 1.